The summed E-state index contributed by atoms with van der Waals surface area (Å²) in [7, 11) is 1.98. The van der Waals surface area contributed by atoms with Crippen LogP contribution >= 0.6 is 0 Å². The van der Waals surface area contributed by atoms with Gasteiger partial charge in [0.05, 0.1) is 0 Å². The van der Waals surface area contributed by atoms with Crippen LogP contribution in [-0.2, 0) is 9.59 Å². The molecule has 0 bridgehead atoms. The molecule has 0 aromatic heterocycles. The number of hydrogen-bond acceptors (Lipinski definition) is 2. The van der Waals surface area contributed by atoms with Crippen LogP contribution in [0.3, 0.4) is 0 Å². The van der Waals surface area contributed by atoms with Gasteiger partial charge in [-0.25, -0.2) is 0 Å². The van der Waals surface area contributed by atoms with Crippen molar-refractivity contribution in [1.82, 2.24) is 4.90 Å². The lowest BCUT2D eigenvalue weighted by atomic mass is 9.48. The number of nitrogens with one attached hydrogen (secondary N) is 1. The van der Waals surface area contributed by atoms with E-state index in [1.165, 1.54) is 23.3 Å². The second kappa shape index (κ2) is 7.46. The van der Waals surface area contributed by atoms with Gasteiger partial charge in [0.2, 0.25) is 11.8 Å². The number of fused-ring (bicyclic) bond motifs is 5. The van der Waals surface area contributed by atoms with E-state index in [4.69, 9.17) is 0 Å². The molecule has 2 saturated carbocycles. The third kappa shape index (κ3) is 3.08. The summed E-state index contributed by atoms with van der Waals surface area (Å²) in [5, 5.41) is 3.22. The number of carbonyl (C=O) groups is 2. The standard InChI is InChI=1S/C28H38N2O2/c1-17-6-8-19(9-7-17)29-26(32)23-11-10-21-20-16-18(2)25-28(4,15-13-24(31)30(25)5)22(20)12-14-27(21,23)3/h6-9,20-23H,10-16H2,1-5H3,(H,29,32)/t20?,21-,22?,23+,27-,28+/m0/s1. The Morgan fingerprint density at radius 3 is 2.47 bits per heavy atom. The molecule has 1 aliphatic heterocycles. The van der Waals surface area contributed by atoms with Gasteiger partial charge in [-0.15, -0.1) is 0 Å². The molecular formula is C28H38N2O2. The number of aryl methyl sites for hydroxylation is 1. The number of hydrogen-bond donors (Lipinski definition) is 1. The van der Waals surface area contributed by atoms with Gasteiger partial charge in [-0.2, -0.15) is 0 Å². The lowest BCUT2D eigenvalue weighted by Crippen LogP contribution is -2.54. The van der Waals surface area contributed by atoms with Crippen LogP contribution in [0.15, 0.2) is 35.5 Å². The Bertz CT molecular complexity index is 980. The lowest BCUT2D eigenvalue weighted by molar-refractivity contribution is -0.137. The molecule has 1 aromatic rings. The Morgan fingerprint density at radius 2 is 1.75 bits per heavy atom. The van der Waals surface area contributed by atoms with E-state index in [1.807, 2.05) is 24.1 Å². The second-order valence-electron chi connectivity index (χ2n) is 11.6. The minimum atomic E-state index is 0.0699. The molecule has 2 unspecified atom stereocenters. The van der Waals surface area contributed by atoms with Crippen molar-refractivity contribution in [3.63, 3.8) is 0 Å². The number of amides is 2. The Hall–Kier alpha value is -2.10. The third-order valence-electron chi connectivity index (χ3n) is 9.95. The molecule has 4 nitrogen and oxygen atoms in total. The van der Waals surface area contributed by atoms with E-state index in [1.54, 1.807) is 0 Å². The number of likely N-dealkylation sites (tertiary alicyclic amines) is 1. The molecule has 6 atom stereocenters. The molecule has 1 heterocycles. The molecule has 3 aliphatic carbocycles. The maximum atomic E-state index is 13.4. The summed E-state index contributed by atoms with van der Waals surface area (Å²) in [6.07, 6.45) is 7.15. The fourth-order valence-corrected chi connectivity index (χ4v) is 8.41. The molecule has 4 aliphatic rings. The van der Waals surface area contributed by atoms with E-state index in [-0.39, 0.29) is 28.6 Å². The zero-order valence-electron chi connectivity index (χ0n) is 20.3. The van der Waals surface area contributed by atoms with Gasteiger partial charge in [0.1, 0.15) is 0 Å². The van der Waals surface area contributed by atoms with Crippen molar-refractivity contribution >= 4 is 17.5 Å². The first-order valence-corrected chi connectivity index (χ1v) is 12.5. The van der Waals surface area contributed by atoms with E-state index in [2.05, 4.69) is 45.1 Å². The Balaban J connectivity index is 1.41. The average Bonchev–Trinajstić information content (AvgIpc) is 3.10. The van der Waals surface area contributed by atoms with Crippen LogP contribution in [0.2, 0.25) is 0 Å². The number of anilines is 1. The lowest BCUT2D eigenvalue weighted by Gasteiger charge is -2.59. The molecule has 0 radical (unpaired) electrons. The van der Waals surface area contributed by atoms with Crippen molar-refractivity contribution < 1.29 is 9.59 Å². The molecule has 0 spiro atoms. The molecule has 4 heteroatoms. The minimum absolute atomic E-state index is 0.0699. The quantitative estimate of drug-likeness (QED) is 0.627. The first-order chi connectivity index (χ1) is 15.1. The predicted octanol–water partition coefficient (Wildman–Crippen LogP) is 5.93. The smallest absolute Gasteiger partial charge is 0.228 e. The summed E-state index contributed by atoms with van der Waals surface area (Å²) in [4.78, 5) is 27.8. The molecule has 5 rings (SSSR count). The molecule has 32 heavy (non-hydrogen) atoms. The summed E-state index contributed by atoms with van der Waals surface area (Å²) in [6, 6.07) is 8.14. The average molecular weight is 435 g/mol. The summed E-state index contributed by atoms with van der Waals surface area (Å²) in [5.41, 5.74) is 4.99. The monoisotopic (exact) mass is 434 g/mol. The third-order valence-corrected chi connectivity index (χ3v) is 9.95. The van der Waals surface area contributed by atoms with Crippen LogP contribution < -0.4 is 5.32 Å². The van der Waals surface area contributed by atoms with Gasteiger partial charge in [0.25, 0.3) is 0 Å². The summed E-state index contributed by atoms with van der Waals surface area (Å²) in [5.74, 6) is 2.39. The van der Waals surface area contributed by atoms with Crippen molar-refractivity contribution in [2.75, 3.05) is 12.4 Å². The van der Waals surface area contributed by atoms with Crippen LogP contribution in [-0.4, -0.2) is 23.8 Å². The van der Waals surface area contributed by atoms with E-state index in [9.17, 15) is 9.59 Å². The number of piperidine rings is 1. The van der Waals surface area contributed by atoms with Gasteiger partial charge >= 0.3 is 0 Å². The van der Waals surface area contributed by atoms with E-state index < -0.39 is 0 Å². The van der Waals surface area contributed by atoms with Crippen LogP contribution in [0.25, 0.3) is 0 Å². The van der Waals surface area contributed by atoms with Gasteiger partial charge < -0.3 is 10.2 Å². The van der Waals surface area contributed by atoms with E-state index >= 15 is 0 Å². The Kier molecular flexibility index (Phi) is 5.07. The highest BCUT2D eigenvalue weighted by Crippen LogP contribution is 2.66. The Labute approximate surface area is 192 Å². The number of carbonyl (C=O) groups excluding carboxylic acids is 2. The predicted molar refractivity (Wildman–Crippen MR) is 128 cm³/mol. The van der Waals surface area contributed by atoms with Crippen molar-refractivity contribution in [2.24, 2.45) is 34.5 Å². The summed E-state index contributed by atoms with van der Waals surface area (Å²) in [6.45, 7) is 9.14. The molecule has 3 fully saturated rings. The number of nitrogens with zero attached hydrogens (tertiary/aromatic N) is 1. The maximum absolute atomic E-state index is 13.4. The largest absolute Gasteiger partial charge is 0.326 e. The first-order valence-electron chi connectivity index (χ1n) is 12.5. The van der Waals surface area contributed by atoms with Gasteiger partial charge in [0.15, 0.2) is 0 Å². The molecule has 172 valence electrons. The van der Waals surface area contributed by atoms with E-state index in [0.717, 1.165) is 37.8 Å². The highest BCUT2D eigenvalue weighted by molar-refractivity contribution is 5.93. The first kappa shape index (κ1) is 21.7. The minimum Gasteiger partial charge on any atom is -0.326 e. The van der Waals surface area contributed by atoms with Gasteiger partial charge in [-0.3, -0.25) is 9.59 Å². The van der Waals surface area contributed by atoms with Crippen molar-refractivity contribution in [3.05, 3.63) is 41.1 Å². The Morgan fingerprint density at radius 1 is 1.03 bits per heavy atom. The second-order valence-corrected chi connectivity index (χ2v) is 11.6. The van der Waals surface area contributed by atoms with Crippen LogP contribution in [0.1, 0.15) is 71.3 Å². The van der Waals surface area contributed by atoms with Crippen molar-refractivity contribution in [2.45, 2.75) is 72.6 Å². The van der Waals surface area contributed by atoms with E-state index in [0.29, 0.717) is 24.2 Å². The van der Waals surface area contributed by atoms with Crippen LogP contribution in [0.4, 0.5) is 5.69 Å². The number of benzene rings is 1. The number of rotatable bonds is 2. The fourth-order valence-electron chi connectivity index (χ4n) is 8.41. The number of allylic oxidation sites excluding steroid dienone is 2. The zero-order valence-corrected chi connectivity index (χ0v) is 20.3. The molecular weight excluding hydrogens is 396 g/mol. The SMILES string of the molecule is CC1=C2N(C)C(=O)CC[C@]2(C)C2CC[C@]3(C)[C@@H](C(=O)Nc4ccc(C)cc4)CC[C@H]3C2C1. The zero-order chi connectivity index (χ0) is 22.8. The van der Waals surface area contributed by atoms with Crippen molar-refractivity contribution in [1.29, 1.82) is 0 Å². The van der Waals surface area contributed by atoms with Crippen LogP contribution in [0.5, 0.6) is 0 Å². The highest BCUT2D eigenvalue weighted by atomic mass is 16.2. The summed E-state index contributed by atoms with van der Waals surface area (Å²) < 4.78 is 0. The van der Waals surface area contributed by atoms with Crippen molar-refractivity contribution in [3.8, 4) is 0 Å². The summed E-state index contributed by atoms with van der Waals surface area (Å²) >= 11 is 0. The molecule has 1 saturated heterocycles. The molecule has 1 N–H and O–H groups in total. The molecule has 2 amide bonds. The van der Waals surface area contributed by atoms with Gasteiger partial charge in [0, 0.05) is 36.2 Å². The van der Waals surface area contributed by atoms with Gasteiger partial charge in [-0.1, -0.05) is 37.1 Å². The molecule has 1 aromatic carbocycles. The maximum Gasteiger partial charge on any atom is 0.228 e. The van der Waals surface area contributed by atoms with Crippen LogP contribution in [0, 0.1) is 41.4 Å². The highest BCUT2D eigenvalue weighted by Gasteiger charge is 2.61. The topological polar surface area (TPSA) is 49.4 Å². The fraction of sp³-hybridized carbons (Fsp3) is 0.643. The van der Waals surface area contributed by atoms with Gasteiger partial charge in [-0.05, 0) is 87.7 Å². The normalized spacial score (nSPS) is 38.8.